The summed E-state index contributed by atoms with van der Waals surface area (Å²) in [5.74, 6) is -0.196. The summed E-state index contributed by atoms with van der Waals surface area (Å²) in [6, 6.07) is 30.0. The number of halogens is 1. The first-order valence-corrected chi connectivity index (χ1v) is 10.8. The Bertz CT molecular complexity index is 1250. The molecule has 0 saturated carbocycles. The van der Waals surface area contributed by atoms with Crippen molar-refractivity contribution in [3.8, 4) is 11.5 Å². The Morgan fingerprint density at radius 2 is 1.38 bits per heavy atom. The molecule has 170 valence electrons. The topological polar surface area (TPSA) is 67.4 Å². The third-order valence-corrected chi connectivity index (χ3v) is 5.13. The standard InChI is InChI=1S/C28H23FN2O3/c29-22-17-15-21(16-18-22)27(32)31-25(19-20-9-3-1-4-10-20)28(33)30-24-13-7-8-14-26(24)34-23-11-5-2-6-12-23/h1-18,25H,19H2,(H,30,33)(H,31,32). The zero-order valence-corrected chi connectivity index (χ0v) is 18.3. The molecule has 6 heteroatoms. The normalized spacial score (nSPS) is 11.3. The molecule has 0 aliphatic heterocycles. The SMILES string of the molecule is O=C(NC(Cc1ccccc1)C(=O)Nc1ccccc1Oc1ccccc1)c1ccc(F)cc1. The molecule has 0 heterocycles. The van der Waals surface area contributed by atoms with Crippen LogP contribution in [-0.2, 0) is 11.2 Å². The predicted molar refractivity (Wildman–Crippen MR) is 129 cm³/mol. The molecule has 0 fully saturated rings. The van der Waals surface area contributed by atoms with Crippen molar-refractivity contribution in [2.45, 2.75) is 12.5 Å². The molecule has 0 aliphatic carbocycles. The molecule has 2 N–H and O–H groups in total. The molecule has 1 unspecified atom stereocenters. The summed E-state index contributed by atoms with van der Waals surface area (Å²) in [6.45, 7) is 0. The first kappa shape index (κ1) is 22.7. The molecule has 0 spiro atoms. The van der Waals surface area contributed by atoms with Crippen LogP contribution in [0.5, 0.6) is 11.5 Å². The molecular formula is C28H23FN2O3. The maximum atomic E-state index is 13.3. The van der Waals surface area contributed by atoms with E-state index in [4.69, 9.17) is 4.74 Å². The predicted octanol–water partition coefficient (Wildman–Crippen LogP) is 5.60. The van der Waals surface area contributed by atoms with Crippen LogP contribution in [0.1, 0.15) is 15.9 Å². The lowest BCUT2D eigenvalue weighted by molar-refractivity contribution is -0.118. The highest BCUT2D eigenvalue weighted by molar-refractivity contribution is 6.01. The molecule has 2 amide bonds. The average Bonchev–Trinajstić information content (AvgIpc) is 2.86. The Labute approximate surface area is 197 Å². The van der Waals surface area contributed by atoms with E-state index in [0.29, 0.717) is 17.2 Å². The minimum Gasteiger partial charge on any atom is -0.455 e. The number of amides is 2. The Balaban J connectivity index is 1.54. The third-order valence-electron chi connectivity index (χ3n) is 5.13. The van der Waals surface area contributed by atoms with Gasteiger partial charge >= 0.3 is 0 Å². The fraction of sp³-hybridized carbons (Fsp3) is 0.0714. The summed E-state index contributed by atoms with van der Waals surface area (Å²) in [5.41, 5.74) is 1.63. The van der Waals surface area contributed by atoms with Crippen molar-refractivity contribution in [2.24, 2.45) is 0 Å². The van der Waals surface area contributed by atoms with Gasteiger partial charge in [-0.2, -0.15) is 0 Å². The number of ether oxygens (including phenoxy) is 1. The number of rotatable bonds is 8. The van der Waals surface area contributed by atoms with Crippen molar-refractivity contribution in [1.82, 2.24) is 5.32 Å². The van der Waals surface area contributed by atoms with Crippen molar-refractivity contribution in [3.05, 3.63) is 126 Å². The van der Waals surface area contributed by atoms with Gasteiger partial charge in [-0.3, -0.25) is 9.59 Å². The van der Waals surface area contributed by atoms with Crippen molar-refractivity contribution >= 4 is 17.5 Å². The molecule has 4 aromatic rings. The molecule has 0 saturated heterocycles. The maximum absolute atomic E-state index is 13.3. The number of nitrogens with one attached hydrogen (secondary N) is 2. The molecule has 0 bridgehead atoms. The largest absolute Gasteiger partial charge is 0.455 e. The number of carbonyl (C=O) groups excluding carboxylic acids is 2. The van der Waals surface area contributed by atoms with Crippen LogP contribution in [0.15, 0.2) is 109 Å². The van der Waals surface area contributed by atoms with Gasteiger partial charge in [0.2, 0.25) is 5.91 Å². The van der Waals surface area contributed by atoms with Crippen LogP contribution in [0.3, 0.4) is 0 Å². The molecule has 0 aliphatic rings. The van der Waals surface area contributed by atoms with Crippen LogP contribution in [0.25, 0.3) is 0 Å². The van der Waals surface area contributed by atoms with Crippen LogP contribution >= 0.6 is 0 Å². The van der Waals surface area contributed by atoms with Crippen LogP contribution in [0, 0.1) is 5.82 Å². The second-order valence-corrected chi connectivity index (χ2v) is 7.62. The number of carbonyl (C=O) groups is 2. The highest BCUT2D eigenvalue weighted by Crippen LogP contribution is 2.29. The van der Waals surface area contributed by atoms with Crippen molar-refractivity contribution in [2.75, 3.05) is 5.32 Å². The number of anilines is 1. The molecule has 4 rings (SSSR count). The summed E-state index contributed by atoms with van der Waals surface area (Å²) in [6.07, 6.45) is 0.279. The summed E-state index contributed by atoms with van der Waals surface area (Å²) in [7, 11) is 0. The monoisotopic (exact) mass is 454 g/mol. The summed E-state index contributed by atoms with van der Waals surface area (Å²) in [4.78, 5) is 26.1. The molecule has 34 heavy (non-hydrogen) atoms. The summed E-state index contributed by atoms with van der Waals surface area (Å²) >= 11 is 0. The molecule has 0 aromatic heterocycles. The zero-order valence-electron chi connectivity index (χ0n) is 18.3. The number of para-hydroxylation sites is 3. The van der Waals surface area contributed by atoms with E-state index in [1.807, 2.05) is 66.7 Å². The molecule has 4 aromatic carbocycles. The fourth-order valence-electron chi connectivity index (χ4n) is 3.40. The Hall–Kier alpha value is -4.45. The Morgan fingerprint density at radius 1 is 0.765 bits per heavy atom. The third kappa shape index (κ3) is 6.07. The number of hydrogen-bond acceptors (Lipinski definition) is 3. The minimum absolute atomic E-state index is 0.264. The minimum atomic E-state index is -0.871. The molecular weight excluding hydrogens is 431 g/mol. The van der Waals surface area contributed by atoms with Gasteiger partial charge in [0.15, 0.2) is 5.75 Å². The van der Waals surface area contributed by atoms with E-state index < -0.39 is 23.7 Å². The van der Waals surface area contributed by atoms with Gasteiger partial charge < -0.3 is 15.4 Å². The smallest absolute Gasteiger partial charge is 0.251 e. The van der Waals surface area contributed by atoms with Crippen molar-refractivity contribution < 1.29 is 18.7 Å². The second-order valence-electron chi connectivity index (χ2n) is 7.62. The first-order chi connectivity index (χ1) is 16.6. The van der Waals surface area contributed by atoms with Gasteiger partial charge in [0.25, 0.3) is 5.91 Å². The maximum Gasteiger partial charge on any atom is 0.251 e. The molecule has 0 radical (unpaired) electrons. The number of benzene rings is 4. The van der Waals surface area contributed by atoms with E-state index in [0.717, 1.165) is 5.56 Å². The highest BCUT2D eigenvalue weighted by Gasteiger charge is 2.23. The van der Waals surface area contributed by atoms with E-state index >= 15 is 0 Å². The quantitative estimate of drug-likeness (QED) is 0.364. The second kappa shape index (κ2) is 10.9. The van der Waals surface area contributed by atoms with Crippen LogP contribution < -0.4 is 15.4 Å². The Morgan fingerprint density at radius 3 is 2.09 bits per heavy atom. The Kier molecular flexibility index (Phi) is 7.30. The van der Waals surface area contributed by atoms with Crippen molar-refractivity contribution in [1.29, 1.82) is 0 Å². The van der Waals surface area contributed by atoms with Crippen LogP contribution in [0.2, 0.25) is 0 Å². The van der Waals surface area contributed by atoms with Gasteiger partial charge in [-0.1, -0.05) is 60.7 Å². The van der Waals surface area contributed by atoms with Crippen LogP contribution in [-0.4, -0.2) is 17.9 Å². The van der Waals surface area contributed by atoms with Gasteiger partial charge in [-0.05, 0) is 54.1 Å². The van der Waals surface area contributed by atoms with Crippen molar-refractivity contribution in [3.63, 3.8) is 0 Å². The lowest BCUT2D eigenvalue weighted by Gasteiger charge is -2.20. The van der Waals surface area contributed by atoms with E-state index in [2.05, 4.69) is 10.6 Å². The van der Waals surface area contributed by atoms with Gasteiger partial charge in [-0.15, -0.1) is 0 Å². The summed E-state index contributed by atoms with van der Waals surface area (Å²) < 4.78 is 19.2. The van der Waals surface area contributed by atoms with E-state index in [-0.39, 0.29) is 12.0 Å². The molecule has 5 nitrogen and oxygen atoms in total. The average molecular weight is 455 g/mol. The van der Waals surface area contributed by atoms with Gasteiger partial charge in [-0.25, -0.2) is 4.39 Å². The highest BCUT2D eigenvalue weighted by atomic mass is 19.1. The van der Waals surface area contributed by atoms with E-state index in [1.165, 1.54) is 24.3 Å². The van der Waals surface area contributed by atoms with E-state index in [1.54, 1.807) is 18.2 Å². The lowest BCUT2D eigenvalue weighted by Crippen LogP contribution is -2.45. The van der Waals surface area contributed by atoms with E-state index in [9.17, 15) is 14.0 Å². The zero-order chi connectivity index (χ0) is 23.8. The fourth-order valence-corrected chi connectivity index (χ4v) is 3.40. The lowest BCUT2D eigenvalue weighted by atomic mass is 10.0. The van der Waals surface area contributed by atoms with Gasteiger partial charge in [0, 0.05) is 12.0 Å². The van der Waals surface area contributed by atoms with Gasteiger partial charge in [0.05, 0.1) is 5.69 Å². The number of hydrogen-bond donors (Lipinski definition) is 2. The first-order valence-electron chi connectivity index (χ1n) is 10.8. The molecule has 1 atom stereocenters. The van der Waals surface area contributed by atoms with Crippen LogP contribution in [0.4, 0.5) is 10.1 Å². The summed E-state index contributed by atoms with van der Waals surface area (Å²) in [5, 5.41) is 5.65. The van der Waals surface area contributed by atoms with Gasteiger partial charge in [0.1, 0.15) is 17.6 Å².